The summed E-state index contributed by atoms with van der Waals surface area (Å²) in [6, 6.07) is 6.60. The zero-order valence-corrected chi connectivity index (χ0v) is 10.7. The van der Waals surface area contributed by atoms with Crippen molar-refractivity contribution in [2.75, 3.05) is 18.8 Å². The molecule has 106 valence electrons. The van der Waals surface area contributed by atoms with Crippen LogP contribution in [-0.4, -0.2) is 30.1 Å². The van der Waals surface area contributed by atoms with Crippen LogP contribution in [0.2, 0.25) is 0 Å². The monoisotopic (exact) mass is 274 g/mol. The van der Waals surface area contributed by atoms with Crippen molar-refractivity contribution in [2.45, 2.75) is 25.9 Å². The Morgan fingerprint density at radius 1 is 1.37 bits per heavy atom. The third kappa shape index (κ3) is 5.63. The average molecular weight is 274 g/mol. The summed E-state index contributed by atoms with van der Waals surface area (Å²) in [5.41, 5.74) is 6.67. The van der Waals surface area contributed by atoms with Gasteiger partial charge in [0.05, 0.1) is 6.42 Å². The zero-order valence-electron chi connectivity index (χ0n) is 10.7. The molecule has 0 heterocycles. The van der Waals surface area contributed by atoms with Crippen molar-refractivity contribution in [2.24, 2.45) is 0 Å². The normalized spacial score (nSPS) is 11.4. The predicted molar refractivity (Wildman–Crippen MR) is 67.5 cm³/mol. The van der Waals surface area contributed by atoms with E-state index in [9.17, 15) is 18.0 Å². The van der Waals surface area contributed by atoms with E-state index in [4.69, 9.17) is 5.73 Å². The van der Waals surface area contributed by atoms with E-state index in [1.165, 1.54) is 0 Å². The van der Waals surface area contributed by atoms with Crippen molar-refractivity contribution >= 4 is 11.6 Å². The van der Waals surface area contributed by atoms with Crippen molar-refractivity contribution in [3.8, 4) is 0 Å². The Morgan fingerprint density at radius 2 is 2.05 bits per heavy atom. The number of rotatable bonds is 5. The van der Waals surface area contributed by atoms with E-state index in [0.29, 0.717) is 17.7 Å². The SMILES string of the molecule is CCCN(CC(F)(F)F)C(=O)Cc1cccc(N)c1. The third-order valence-corrected chi connectivity index (χ3v) is 2.52. The fourth-order valence-electron chi connectivity index (χ4n) is 1.77. The van der Waals surface area contributed by atoms with Gasteiger partial charge in [-0.1, -0.05) is 19.1 Å². The van der Waals surface area contributed by atoms with Crippen molar-refractivity contribution in [3.05, 3.63) is 29.8 Å². The molecule has 1 aromatic rings. The highest BCUT2D eigenvalue weighted by Gasteiger charge is 2.32. The van der Waals surface area contributed by atoms with Crippen LogP contribution in [0, 0.1) is 0 Å². The molecule has 0 aliphatic heterocycles. The van der Waals surface area contributed by atoms with Crippen LogP contribution < -0.4 is 5.73 Å². The summed E-state index contributed by atoms with van der Waals surface area (Å²) in [4.78, 5) is 12.7. The van der Waals surface area contributed by atoms with Gasteiger partial charge in [0.15, 0.2) is 0 Å². The second-order valence-corrected chi connectivity index (χ2v) is 4.35. The van der Waals surface area contributed by atoms with Gasteiger partial charge in [-0.15, -0.1) is 0 Å². The van der Waals surface area contributed by atoms with Crippen LogP contribution in [0.1, 0.15) is 18.9 Å². The van der Waals surface area contributed by atoms with Crippen LogP contribution >= 0.6 is 0 Å². The Morgan fingerprint density at radius 3 is 2.58 bits per heavy atom. The molecule has 0 bridgehead atoms. The lowest BCUT2D eigenvalue weighted by molar-refractivity contribution is -0.160. The molecular formula is C13H17F3N2O. The zero-order chi connectivity index (χ0) is 14.5. The first kappa shape index (κ1) is 15.3. The van der Waals surface area contributed by atoms with E-state index in [2.05, 4.69) is 0 Å². The van der Waals surface area contributed by atoms with Gasteiger partial charge in [0.25, 0.3) is 0 Å². The maximum Gasteiger partial charge on any atom is 0.406 e. The Balaban J connectivity index is 2.71. The Kier molecular flexibility index (Phi) is 5.20. The van der Waals surface area contributed by atoms with Crippen molar-refractivity contribution in [1.82, 2.24) is 4.90 Å². The summed E-state index contributed by atoms with van der Waals surface area (Å²) in [5, 5.41) is 0. The molecule has 1 amide bonds. The lowest BCUT2D eigenvalue weighted by Gasteiger charge is -2.23. The van der Waals surface area contributed by atoms with E-state index in [0.717, 1.165) is 4.90 Å². The van der Waals surface area contributed by atoms with Crippen molar-refractivity contribution in [1.29, 1.82) is 0 Å². The third-order valence-electron chi connectivity index (χ3n) is 2.52. The summed E-state index contributed by atoms with van der Waals surface area (Å²) in [6.07, 6.45) is -3.96. The largest absolute Gasteiger partial charge is 0.406 e. The van der Waals surface area contributed by atoms with Gasteiger partial charge in [-0.3, -0.25) is 4.79 Å². The second kappa shape index (κ2) is 6.45. The molecule has 0 unspecified atom stereocenters. The summed E-state index contributed by atoms with van der Waals surface area (Å²) in [7, 11) is 0. The van der Waals surface area contributed by atoms with E-state index in [1.807, 2.05) is 0 Å². The molecule has 0 fully saturated rings. The number of hydrogen-bond donors (Lipinski definition) is 1. The highest BCUT2D eigenvalue weighted by atomic mass is 19.4. The number of halogens is 3. The molecule has 0 aromatic heterocycles. The molecule has 0 aliphatic carbocycles. The van der Waals surface area contributed by atoms with Crippen LogP contribution in [0.3, 0.4) is 0 Å². The average Bonchev–Trinajstić information content (AvgIpc) is 2.26. The first-order valence-electron chi connectivity index (χ1n) is 6.00. The van der Waals surface area contributed by atoms with E-state index in [-0.39, 0.29) is 13.0 Å². The number of carbonyl (C=O) groups excluding carboxylic acids is 1. The standard InChI is InChI=1S/C13H17F3N2O/c1-2-6-18(9-13(14,15)16)12(19)8-10-4-3-5-11(17)7-10/h3-5,7H,2,6,8-9,17H2,1H3. The maximum absolute atomic E-state index is 12.4. The smallest absolute Gasteiger partial charge is 0.399 e. The van der Waals surface area contributed by atoms with Gasteiger partial charge in [-0.2, -0.15) is 13.2 Å². The van der Waals surface area contributed by atoms with E-state index in [1.54, 1.807) is 31.2 Å². The fourth-order valence-corrected chi connectivity index (χ4v) is 1.77. The summed E-state index contributed by atoms with van der Waals surface area (Å²) in [6.45, 7) is 0.625. The predicted octanol–water partition coefficient (Wildman–Crippen LogP) is 2.61. The number of nitrogens with zero attached hydrogens (tertiary/aromatic N) is 1. The molecule has 1 aromatic carbocycles. The Hall–Kier alpha value is -1.72. The van der Waals surface area contributed by atoms with Gasteiger partial charge in [0.2, 0.25) is 5.91 Å². The topological polar surface area (TPSA) is 46.3 Å². The lowest BCUT2D eigenvalue weighted by atomic mass is 10.1. The van der Waals surface area contributed by atoms with Gasteiger partial charge < -0.3 is 10.6 Å². The molecule has 19 heavy (non-hydrogen) atoms. The van der Waals surface area contributed by atoms with Crippen LogP contribution in [0.15, 0.2) is 24.3 Å². The Labute approximate surface area is 110 Å². The molecule has 0 aliphatic rings. The highest BCUT2D eigenvalue weighted by Crippen LogP contribution is 2.18. The minimum Gasteiger partial charge on any atom is -0.399 e. The van der Waals surface area contributed by atoms with Gasteiger partial charge >= 0.3 is 6.18 Å². The van der Waals surface area contributed by atoms with Crippen molar-refractivity contribution in [3.63, 3.8) is 0 Å². The van der Waals surface area contributed by atoms with Gasteiger partial charge in [0, 0.05) is 12.2 Å². The van der Waals surface area contributed by atoms with E-state index < -0.39 is 18.6 Å². The number of amides is 1. The minimum atomic E-state index is -4.37. The molecular weight excluding hydrogens is 257 g/mol. The molecule has 3 nitrogen and oxygen atoms in total. The molecule has 0 atom stereocenters. The number of nitrogen functional groups attached to an aromatic ring is 1. The van der Waals surface area contributed by atoms with Gasteiger partial charge in [-0.05, 0) is 24.1 Å². The quantitative estimate of drug-likeness (QED) is 0.839. The molecule has 6 heteroatoms. The first-order valence-corrected chi connectivity index (χ1v) is 6.00. The fraction of sp³-hybridized carbons (Fsp3) is 0.462. The minimum absolute atomic E-state index is 0.0683. The number of benzene rings is 1. The number of hydrogen-bond acceptors (Lipinski definition) is 2. The highest BCUT2D eigenvalue weighted by molar-refractivity contribution is 5.79. The molecule has 0 saturated carbocycles. The van der Waals surface area contributed by atoms with Gasteiger partial charge in [-0.25, -0.2) is 0 Å². The molecule has 0 radical (unpaired) electrons. The summed E-state index contributed by atoms with van der Waals surface area (Å²) >= 11 is 0. The molecule has 1 rings (SSSR count). The van der Waals surface area contributed by atoms with E-state index >= 15 is 0 Å². The van der Waals surface area contributed by atoms with Crippen LogP contribution in [-0.2, 0) is 11.2 Å². The van der Waals surface area contributed by atoms with Crippen molar-refractivity contribution < 1.29 is 18.0 Å². The summed E-state index contributed by atoms with van der Waals surface area (Å²) in [5.74, 6) is -0.537. The molecule has 0 spiro atoms. The van der Waals surface area contributed by atoms with Gasteiger partial charge in [0.1, 0.15) is 6.54 Å². The first-order chi connectivity index (χ1) is 8.81. The lowest BCUT2D eigenvalue weighted by Crippen LogP contribution is -2.40. The number of alkyl halides is 3. The van der Waals surface area contributed by atoms with Crippen LogP contribution in [0.5, 0.6) is 0 Å². The molecule has 2 N–H and O–H groups in total. The second-order valence-electron chi connectivity index (χ2n) is 4.35. The number of carbonyl (C=O) groups is 1. The van der Waals surface area contributed by atoms with Crippen LogP contribution in [0.4, 0.5) is 18.9 Å². The molecule has 0 saturated heterocycles. The number of nitrogens with two attached hydrogens (primary N) is 1. The maximum atomic E-state index is 12.4. The number of anilines is 1. The summed E-state index contributed by atoms with van der Waals surface area (Å²) < 4.78 is 37.1. The Bertz CT molecular complexity index is 432. The van der Waals surface area contributed by atoms with Crippen LogP contribution in [0.25, 0.3) is 0 Å².